The average molecular weight is 787 g/mol. The van der Waals surface area contributed by atoms with Crippen molar-refractivity contribution in [1.82, 2.24) is 10.6 Å². The predicted molar refractivity (Wildman–Crippen MR) is 251 cm³/mol. The standard InChI is InChI=1S/C58H62N2/c1-5-15-42(16-6-1)54-38-55(60-56(59-54)44-17-7-2-8-18-44)43-27-25-40(26-28-43)39-21-23-41(24-22-39)45-29-30-51-47(35-45)49-37-52-48(36-53(49)58(51)33-13-4-14-34-58)46-19-9-10-20-50(46)57(52)31-11-3-12-32-57/h1,5-7,15-19,21-27,29-30,35-38,43,47,50-51,55-56,59-60H,2-4,8-14,20,28,31-34H2. The molecular formula is C58H62N2. The van der Waals surface area contributed by atoms with Crippen molar-refractivity contribution in [3.63, 3.8) is 0 Å². The molecule has 2 saturated carbocycles. The Kier molecular flexibility index (Phi) is 9.32. The van der Waals surface area contributed by atoms with Crippen molar-refractivity contribution in [1.29, 1.82) is 0 Å². The fourth-order valence-electron chi connectivity index (χ4n) is 14.1. The largest absolute Gasteiger partial charge is 0.366 e. The molecular weight excluding hydrogens is 725 g/mol. The fraction of sp³-hybridized carbons (Fsp3) is 0.414. The molecule has 1 aliphatic heterocycles. The third-order valence-electron chi connectivity index (χ3n) is 17.0. The van der Waals surface area contributed by atoms with Crippen LogP contribution in [0.4, 0.5) is 0 Å². The minimum absolute atomic E-state index is 0.110. The van der Waals surface area contributed by atoms with Crippen LogP contribution >= 0.6 is 0 Å². The lowest BCUT2D eigenvalue weighted by Gasteiger charge is -2.41. The van der Waals surface area contributed by atoms with Gasteiger partial charge in [-0.05, 0) is 149 Å². The maximum absolute atomic E-state index is 3.97. The second-order valence-corrected chi connectivity index (χ2v) is 20.0. The molecule has 8 aliphatic carbocycles. The van der Waals surface area contributed by atoms with E-state index in [4.69, 9.17) is 0 Å². The Morgan fingerprint density at radius 2 is 1.37 bits per heavy atom. The smallest absolute Gasteiger partial charge is 0.103 e. The average Bonchev–Trinajstić information content (AvgIpc) is 3.73. The number of allylic oxidation sites excluding steroid dienone is 11. The summed E-state index contributed by atoms with van der Waals surface area (Å²) in [4.78, 5) is 0. The second kappa shape index (κ2) is 15.1. The minimum atomic E-state index is 0.110. The molecule has 3 aromatic carbocycles. The number of benzene rings is 3. The van der Waals surface area contributed by atoms with Crippen LogP contribution < -0.4 is 10.6 Å². The first kappa shape index (κ1) is 37.1. The van der Waals surface area contributed by atoms with Gasteiger partial charge in [0.25, 0.3) is 0 Å². The van der Waals surface area contributed by atoms with Gasteiger partial charge in [-0.1, -0.05) is 166 Å². The van der Waals surface area contributed by atoms with Gasteiger partial charge in [-0.15, -0.1) is 0 Å². The van der Waals surface area contributed by atoms with Crippen LogP contribution in [0.5, 0.6) is 0 Å². The van der Waals surface area contributed by atoms with Gasteiger partial charge in [-0.25, -0.2) is 0 Å². The summed E-state index contributed by atoms with van der Waals surface area (Å²) in [6, 6.07) is 26.3. The first-order chi connectivity index (χ1) is 29.7. The number of hydrogen-bond donors (Lipinski definition) is 2. The summed E-state index contributed by atoms with van der Waals surface area (Å²) < 4.78 is 0. The molecule has 0 aromatic heterocycles. The Hall–Kier alpha value is -4.66. The summed E-state index contributed by atoms with van der Waals surface area (Å²) in [5.41, 5.74) is 18.6. The van der Waals surface area contributed by atoms with Gasteiger partial charge in [-0.3, -0.25) is 5.32 Å². The zero-order valence-corrected chi connectivity index (χ0v) is 35.5. The van der Waals surface area contributed by atoms with E-state index in [9.17, 15) is 0 Å². The molecule has 3 aromatic rings. The summed E-state index contributed by atoms with van der Waals surface area (Å²) in [6.07, 6.45) is 48.6. The van der Waals surface area contributed by atoms with E-state index >= 15 is 0 Å². The van der Waals surface area contributed by atoms with Crippen molar-refractivity contribution in [2.24, 2.45) is 17.8 Å². The number of nitrogens with one attached hydrogen (secondary N) is 2. The van der Waals surface area contributed by atoms with Crippen LogP contribution in [0.1, 0.15) is 148 Å². The van der Waals surface area contributed by atoms with Gasteiger partial charge in [0.05, 0.1) is 0 Å². The van der Waals surface area contributed by atoms with Crippen LogP contribution in [0.2, 0.25) is 0 Å². The van der Waals surface area contributed by atoms with E-state index in [1.165, 1.54) is 123 Å². The molecule has 0 bridgehead atoms. The highest BCUT2D eigenvalue weighted by Gasteiger charge is 2.55. The van der Waals surface area contributed by atoms with Crippen LogP contribution in [0, 0.1) is 17.8 Å². The third-order valence-corrected chi connectivity index (χ3v) is 17.0. The molecule has 2 N–H and O–H groups in total. The van der Waals surface area contributed by atoms with E-state index in [0.29, 0.717) is 28.6 Å². The van der Waals surface area contributed by atoms with Crippen molar-refractivity contribution < 1.29 is 0 Å². The van der Waals surface area contributed by atoms with Gasteiger partial charge >= 0.3 is 0 Å². The van der Waals surface area contributed by atoms with Crippen molar-refractivity contribution in [2.45, 2.75) is 132 Å². The predicted octanol–water partition coefficient (Wildman–Crippen LogP) is 13.8. The highest BCUT2D eigenvalue weighted by Crippen LogP contribution is 2.65. The van der Waals surface area contributed by atoms with Gasteiger partial charge < -0.3 is 5.32 Å². The topological polar surface area (TPSA) is 24.1 Å². The minimum Gasteiger partial charge on any atom is -0.366 e. The van der Waals surface area contributed by atoms with Crippen LogP contribution in [0.15, 0.2) is 139 Å². The summed E-state index contributed by atoms with van der Waals surface area (Å²) in [7, 11) is 0. The first-order valence-electron chi connectivity index (χ1n) is 24.1. The monoisotopic (exact) mass is 786 g/mol. The molecule has 0 radical (unpaired) electrons. The quantitative estimate of drug-likeness (QED) is 0.269. The van der Waals surface area contributed by atoms with Gasteiger partial charge in [0, 0.05) is 28.5 Å². The number of hydrogen-bond acceptors (Lipinski definition) is 2. The van der Waals surface area contributed by atoms with Crippen LogP contribution in [-0.4, -0.2) is 12.2 Å². The molecule has 60 heavy (non-hydrogen) atoms. The van der Waals surface area contributed by atoms with Gasteiger partial charge in [0.2, 0.25) is 0 Å². The van der Waals surface area contributed by atoms with Crippen molar-refractivity contribution in [3.05, 3.63) is 178 Å². The van der Waals surface area contributed by atoms with Crippen molar-refractivity contribution in [3.8, 4) is 0 Å². The lowest BCUT2D eigenvalue weighted by Crippen LogP contribution is -2.53. The molecule has 1 heterocycles. The summed E-state index contributed by atoms with van der Waals surface area (Å²) in [5, 5.41) is 7.79. The zero-order chi connectivity index (χ0) is 39.7. The molecule has 0 saturated heterocycles. The lowest BCUT2D eigenvalue weighted by atomic mass is 9.62. The molecule has 6 atom stereocenters. The van der Waals surface area contributed by atoms with E-state index in [-0.39, 0.29) is 12.2 Å². The van der Waals surface area contributed by atoms with Crippen molar-refractivity contribution in [2.75, 3.05) is 0 Å². The highest BCUT2D eigenvalue weighted by atomic mass is 15.2. The Morgan fingerprint density at radius 1 is 0.600 bits per heavy atom. The summed E-state index contributed by atoms with van der Waals surface area (Å²) in [5.74, 6) is 2.22. The first-order valence-corrected chi connectivity index (χ1v) is 24.1. The fourth-order valence-corrected chi connectivity index (χ4v) is 14.1. The Morgan fingerprint density at radius 3 is 2.12 bits per heavy atom. The Labute approximate surface area is 359 Å². The van der Waals surface area contributed by atoms with E-state index in [1.54, 1.807) is 27.8 Å². The van der Waals surface area contributed by atoms with Crippen molar-refractivity contribution >= 4 is 22.4 Å². The lowest BCUT2D eigenvalue weighted by molar-refractivity contribution is 0.227. The molecule has 2 nitrogen and oxygen atoms in total. The van der Waals surface area contributed by atoms with Crippen LogP contribution in [-0.2, 0) is 10.8 Å². The van der Waals surface area contributed by atoms with E-state index < -0.39 is 0 Å². The maximum Gasteiger partial charge on any atom is 0.103 e. The van der Waals surface area contributed by atoms with E-state index in [1.807, 2.05) is 0 Å². The molecule has 12 rings (SSSR count). The highest BCUT2D eigenvalue weighted by molar-refractivity contribution is 5.83. The van der Waals surface area contributed by atoms with Crippen LogP contribution in [0.25, 0.3) is 22.4 Å². The van der Waals surface area contributed by atoms with Gasteiger partial charge in [-0.2, -0.15) is 0 Å². The van der Waals surface area contributed by atoms with Crippen LogP contribution in [0.3, 0.4) is 0 Å². The van der Waals surface area contributed by atoms with Gasteiger partial charge in [0.15, 0.2) is 0 Å². The molecule has 9 aliphatic rings. The second-order valence-electron chi connectivity index (χ2n) is 20.0. The zero-order valence-electron chi connectivity index (χ0n) is 35.5. The molecule has 2 heteroatoms. The SMILES string of the molecule is C1=CC(C2NC(c3ccccc3)=CC(C3C=CC(c4ccc(C5=CC6c7cc8c(cc7C7(CCCCC7)C6C=C5)C5=CCCCC5C85CCCCC5)cc4)=CC3)N2)=CCC1. The normalized spacial score (nSPS) is 30.6. The third kappa shape index (κ3) is 6.06. The van der Waals surface area contributed by atoms with Gasteiger partial charge in [0.1, 0.15) is 6.17 Å². The Bertz CT molecular complexity index is 2410. The molecule has 6 unspecified atom stereocenters. The summed E-state index contributed by atoms with van der Waals surface area (Å²) >= 11 is 0. The Balaban J connectivity index is 0.817. The van der Waals surface area contributed by atoms with E-state index in [2.05, 4.69) is 144 Å². The molecule has 304 valence electrons. The number of fused-ring (bicyclic) bond motifs is 10. The molecule has 0 amide bonds. The number of rotatable bonds is 5. The molecule has 2 spiro atoms. The maximum atomic E-state index is 3.97. The van der Waals surface area contributed by atoms with E-state index in [0.717, 1.165) is 25.2 Å². The summed E-state index contributed by atoms with van der Waals surface area (Å²) in [6.45, 7) is 0. The molecule has 2 fully saturated rings.